The van der Waals surface area contributed by atoms with Crippen molar-refractivity contribution in [2.75, 3.05) is 6.61 Å². The van der Waals surface area contributed by atoms with Gasteiger partial charge in [-0.05, 0) is 73.8 Å². The monoisotopic (exact) mass is 384 g/mol. The van der Waals surface area contributed by atoms with Gasteiger partial charge in [0, 0.05) is 17.8 Å². The lowest BCUT2D eigenvalue weighted by molar-refractivity contribution is -0.150. The number of hydrogen-bond donors (Lipinski definition) is 0. The lowest BCUT2D eigenvalue weighted by atomic mass is 9.47. The van der Waals surface area contributed by atoms with Crippen LogP contribution in [0.25, 0.3) is 0 Å². The van der Waals surface area contributed by atoms with Gasteiger partial charge < -0.3 is 4.74 Å². The molecule has 0 aromatic rings. The van der Waals surface area contributed by atoms with E-state index in [1.807, 2.05) is 6.08 Å². The van der Waals surface area contributed by atoms with E-state index < -0.39 is 0 Å². The summed E-state index contributed by atoms with van der Waals surface area (Å²) in [5.41, 5.74) is 1.32. The Kier molecular flexibility index (Phi) is 4.87. The van der Waals surface area contributed by atoms with Gasteiger partial charge in [-0.2, -0.15) is 0 Å². The fourth-order valence-electron chi connectivity index (χ4n) is 7.08. The molecule has 0 aromatic carbocycles. The van der Waals surface area contributed by atoms with Crippen molar-refractivity contribution in [2.45, 2.75) is 65.7 Å². The average molecular weight is 385 g/mol. The van der Waals surface area contributed by atoms with Crippen LogP contribution in [0.4, 0.5) is 0 Å². The van der Waals surface area contributed by atoms with Crippen LogP contribution in [0.3, 0.4) is 0 Å². The molecule has 0 aromatic heterocycles. The van der Waals surface area contributed by atoms with Crippen molar-refractivity contribution in [1.29, 1.82) is 0 Å². The van der Waals surface area contributed by atoms with E-state index in [1.165, 1.54) is 5.57 Å². The first-order chi connectivity index (χ1) is 13.3. The van der Waals surface area contributed by atoms with E-state index >= 15 is 0 Å². The van der Waals surface area contributed by atoms with Crippen LogP contribution in [-0.2, 0) is 19.1 Å². The third kappa shape index (κ3) is 2.91. The second kappa shape index (κ2) is 6.96. The second-order valence-corrected chi connectivity index (χ2v) is 9.76. The third-order valence-electron chi connectivity index (χ3n) is 8.61. The van der Waals surface area contributed by atoms with Crippen LogP contribution >= 0.6 is 0 Å². The molecule has 6 atom stereocenters. The fraction of sp³-hybridized carbons (Fsp3) is 0.708. The molecule has 3 saturated carbocycles. The Morgan fingerprint density at radius 2 is 1.93 bits per heavy atom. The van der Waals surface area contributed by atoms with Gasteiger partial charge in [-0.25, -0.2) is 0 Å². The highest BCUT2D eigenvalue weighted by Gasteiger charge is 2.59. The first-order valence-electron chi connectivity index (χ1n) is 10.9. The van der Waals surface area contributed by atoms with Crippen molar-refractivity contribution in [3.8, 4) is 0 Å². The zero-order valence-corrected chi connectivity index (χ0v) is 17.3. The first kappa shape index (κ1) is 19.6. The number of fused-ring (bicyclic) bond motifs is 5. The number of carbonyl (C=O) groups is 3. The molecule has 3 fully saturated rings. The Labute approximate surface area is 167 Å². The summed E-state index contributed by atoms with van der Waals surface area (Å²) in [4.78, 5) is 36.2. The maximum Gasteiger partial charge on any atom is 0.305 e. The van der Waals surface area contributed by atoms with Gasteiger partial charge in [-0.1, -0.05) is 32.4 Å². The van der Waals surface area contributed by atoms with Crippen LogP contribution in [0, 0.1) is 34.5 Å². The summed E-state index contributed by atoms with van der Waals surface area (Å²) in [6.07, 6.45) is 12.4. The van der Waals surface area contributed by atoms with Crippen molar-refractivity contribution in [2.24, 2.45) is 34.5 Å². The summed E-state index contributed by atoms with van der Waals surface area (Å²) >= 11 is 0. The van der Waals surface area contributed by atoms with Crippen molar-refractivity contribution in [3.63, 3.8) is 0 Å². The molecule has 0 N–H and O–H groups in total. The molecular weight excluding hydrogens is 352 g/mol. The van der Waals surface area contributed by atoms with Crippen LogP contribution in [0.15, 0.2) is 23.8 Å². The van der Waals surface area contributed by atoms with Crippen LogP contribution in [-0.4, -0.2) is 24.1 Å². The summed E-state index contributed by atoms with van der Waals surface area (Å²) in [5, 5.41) is 0. The molecule has 0 radical (unpaired) electrons. The molecule has 4 aliphatic carbocycles. The molecule has 0 heterocycles. The zero-order valence-electron chi connectivity index (χ0n) is 17.3. The van der Waals surface area contributed by atoms with Gasteiger partial charge in [0.1, 0.15) is 6.61 Å². The maximum atomic E-state index is 12.9. The SMILES string of the molecule is CCC(=O)OCC(=O)[C@H]1CC[C@H]2[C@@H]3CCC4=CC(=O)C=C[C@]4(C)[C@H]3CC[C@]12C. The molecule has 4 nitrogen and oxygen atoms in total. The molecule has 0 amide bonds. The molecule has 0 bridgehead atoms. The highest BCUT2D eigenvalue weighted by atomic mass is 16.5. The van der Waals surface area contributed by atoms with E-state index in [2.05, 4.69) is 19.9 Å². The summed E-state index contributed by atoms with van der Waals surface area (Å²) in [7, 11) is 0. The summed E-state index contributed by atoms with van der Waals surface area (Å²) in [6, 6.07) is 0. The molecule has 28 heavy (non-hydrogen) atoms. The predicted octanol–water partition coefficient (Wildman–Crippen LogP) is 4.43. The molecular formula is C24H32O4. The van der Waals surface area contributed by atoms with E-state index in [4.69, 9.17) is 4.74 Å². The van der Waals surface area contributed by atoms with Gasteiger partial charge >= 0.3 is 5.97 Å². The van der Waals surface area contributed by atoms with Crippen molar-refractivity contribution in [3.05, 3.63) is 23.8 Å². The summed E-state index contributed by atoms with van der Waals surface area (Å²) in [6.45, 7) is 6.30. The molecule has 4 heteroatoms. The highest BCUT2D eigenvalue weighted by Crippen LogP contribution is 2.66. The number of allylic oxidation sites excluding steroid dienone is 4. The molecule has 152 valence electrons. The van der Waals surface area contributed by atoms with Crippen LogP contribution in [0.1, 0.15) is 65.7 Å². The van der Waals surface area contributed by atoms with E-state index in [0.717, 1.165) is 38.5 Å². The normalized spacial score (nSPS) is 41.5. The smallest absolute Gasteiger partial charge is 0.305 e. The number of esters is 1. The molecule has 0 spiro atoms. The number of ether oxygens (including phenoxy) is 1. The molecule has 0 aliphatic heterocycles. The summed E-state index contributed by atoms with van der Waals surface area (Å²) in [5.74, 6) is 1.66. The van der Waals surface area contributed by atoms with E-state index in [9.17, 15) is 14.4 Å². The number of hydrogen-bond acceptors (Lipinski definition) is 4. The Morgan fingerprint density at radius 3 is 2.68 bits per heavy atom. The minimum absolute atomic E-state index is 0.00307. The minimum Gasteiger partial charge on any atom is -0.458 e. The van der Waals surface area contributed by atoms with Crippen LogP contribution in [0.5, 0.6) is 0 Å². The fourth-order valence-corrected chi connectivity index (χ4v) is 7.08. The second-order valence-electron chi connectivity index (χ2n) is 9.76. The Hall–Kier alpha value is -1.71. The molecule has 0 unspecified atom stereocenters. The molecule has 0 saturated heterocycles. The van der Waals surface area contributed by atoms with Crippen LogP contribution in [0.2, 0.25) is 0 Å². The Balaban J connectivity index is 1.53. The maximum absolute atomic E-state index is 12.9. The van der Waals surface area contributed by atoms with Gasteiger partial charge in [0.15, 0.2) is 11.6 Å². The number of carbonyl (C=O) groups excluding carboxylic acids is 3. The van der Waals surface area contributed by atoms with Crippen LogP contribution < -0.4 is 0 Å². The number of Topliss-reactive ketones (excluding diaryl/α,β-unsaturated/α-hetero) is 1. The minimum atomic E-state index is -0.296. The Morgan fingerprint density at radius 1 is 1.14 bits per heavy atom. The van der Waals surface area contributed by atoms with E-state index in [0.29, 0.717) is 24.2 Å². The lowest BCUT2D eigenvalue weighted by Gasteiger charge is -2.56. The molecule has 4 aliphatic rings. The average Bonchev–Trinajstić information content (AvgIpc) is 3.03. The quantitative estimate of drug-likeness (QED) is 0.673. The lowest BCUT2D eigenvalue weighted by Crippen LogP contribution is -2.50. The predicted molar refractivity (Wildman–Crippen MR) is 106 cm³/mol. The van der Waals surface area contributed by atoms with Crippen molar-refractivity contribution < 1.29 is 19.1 Å². The zero-order chi connectivity index (χ0) is 20.1. The number of rotatable bonds is 4. The molecule has 4 rings (SSSR count). The number of ketones is 2. The third-order valence-corrected chi connectivity index (χ3v) is 8.61. The van der Waals surface area contributed by atoms with Crippen molar-refractivity contribution in [1.82, 2.24) is 0 Å². The van der Waals surface area contributed by atoms with Gasteiger partial charge in [-0.15, -0.1) is 0 Å². The van der Waals surface area contributed by atoms with Crippen molar-refractivity contribution >= 4 is 17.5 Å². The van der Waals surface area contributed by atoms with Gasteiger partial charge in [0.05, 0.1) is 0 Å². The highest BCUT2D eigenvalue weighted by molar-refractivity contribution is 6.01. The Bertz CT molecular complexity index is 763. The topological polar surface area (TPSA) is 60.4 Å². The first-order valence-corrected chi connectivity index (χ1v) is 10.9. The van der Waals surface area contributed by atoms with Gasteiger partial charge in [0.25, 0.3) is 0 Å². The van der Waals surface area contributed by atoms with E-state index in [1.54, 1.807) is 13.0 Å². The van der Waals surface area contributed by atoms with E-state index in [-0.39, 0.29) is 40.9 Å². The van der Waals surface area contributed by atoms with Gasteiger partial charge in [0.2, 0.25) is 0 Å². The van der Waals surface area contributed by atoms with Gasteiger partial charge in [-0.3, -0.25) is 14.4 Å². The largest absolute Gasteiger partial charge is 0.458 e. The standard InChI is InChI=1S/C24H32O4/c1-4-22(27)28-14-21(26)20-8-7-18-17-6-5-15-13-16(25)9-11-23(15,2)19(17)10-12-24(18,20)3/h9,11,13,17-20H,4-8,10,12,14H2,1-3H3/t17-,18-,19-,20+,23-,24-/m0/s1. The summed E-state index contributed by atoms with van der Waals surface area (Å²) < 4.78 is 5.16.